The fourth-order valence-electron chi connectivity index (χ4n) is 2.45. The van der Waals surface area contributed by atoms with Gasteiger partial charge in [0.05, 0.1) is 12.7 Å². The lowest BCUT2D eigenvalue weighted by atomic mass is 10.2. The molecule has 138 valence electrons. The molecular weight excluding hydrogens is 322 g/mol. The fraction of sp³-hybridized carbons (Fsp3) is 0.556. The second-order valence-electron chi connectivity index (χ2n) is 7.11. The molecule has 0 aromatic heterocycles. The van der Waals surface area contributed by atoms with Gasteiger partial charge in [-0.2, -0.15) is 0 Å². The number of anilines is 1. The van der Waals surface area contributed by atoms with Crippen LogP contribution in [0, 0.1) is 0 Å². The van der Waals surface area contributed by atoms with E-state index in [0.29, 0.717) is 31.9 Å². The van der Waals surface area contributed by atoms with Crippen molar-refractivity contribution in [1.29, 1.82) is 0 Å². The molecule has 7 nitrogen and oxygen atoms in total. The molecule has 3 amide bonds. The minimum Gasteiger partial charge on any atom is -0.444 e. The summed E-state index contributed by atoms with van der Waals surface area (Å²) in [6, 6.07) is 7.22. The second kappa shape index (κ2) is 8.20. The highest BCUT2D eigenvalue weighted by Gasteiger charge is 2.21. The van der Waals surface area contributed by atoms with Gasteiger partial charge in [-0.15, -0.1) is 0 Å². The Morgan fingerprint density at radius 3 is 2.80 bits per heavy atom. The Morgan fingerprint density at radius 1 is 1.36 bits per heavy atom. The van der Waals surface area contributed by atoms with Gasteiger partial charge in [0.15, 0.2) is 0 Å². The predicted molar refractivity (Wildman–Crippen MR) is 95.5 cm³/mol. The highest BCUT2D eigenvalue weighted by atomic mass is 16.6. The highest BCUT2D eigenvalue weighted by Crippen LogP contribution is 2.13. The molecule has 0 spiro atoms. The molecule has 0 unspecified atom stereocenters. The van der Waals surface area contributed by atoms with Crippen LogP contribution in [0.5, 0.6) is 0 Å². The second-order valence-corrected chi connectivity index (χ2v) is 7.11. The van der Waals surface area contributed by atoms with Crippen LogP contribution in [-0.2, 0) is 16.0 Å². The Labute approximate surface area is 148 Å². The van der Waals surface area contributed by atoms with Crippen molar-refractivity contribution >= 4 is 17.8 Å². The van der Waals surface area contributed by atoms with E-state index in [1.165, 1.54) is 0 Å². The van der Waals surface area contributed by atoms with Crippen LogP contribution in [-0.4, -0.2) is 48.4 Å². The van der Waals surface area contributed by atoms with Gasteiger partial charge in [-0.1, -0.05) is 12.1 Å². The van der Waals surface area contributed by atoms with Crippen molar-refractivity contribution in [3.63, 3.8) is 0 Å². The van der Waals surface area contributed by atoms with Gasteiger partial charge in [0.25, 0.3) is 0 Å². The number of alkyl carbamates (subject to hydrolysis) is 1. The molecule has 1 aliphatic heterocycles. The number of urea groups is 1. The first kappa shape index (κ1) is 19.1. The van der Waals surface area contributed by atoms with Gasteiger partial charge < -0.3 is 25.0 Å². The molecule has 0 bridgehead atoms. The molecule has 1 aromatic carbocycles. The van der Waals surface area contributed by atoms with Crippen molar-refractivity contribution in [3.05, 3.63) is 29.8 Å². The molecule has 1 aliphatic rings. The number of nitrogens with zero attached hydrogens (tertiary/aromatic N) is 1. The highest BCUT2D eigenvalue weighted by molar-refractivity contribution is 5.89. The van der Waals surface area contributed by atoms with E-state index >= 15 is 0 Å². The van der Waals surface area contributed by atoms with Crippen molar-refractivity contribution in [2.45, 2.75) is 45.9 Å². The molecule has 1 heterocycles. The van der Waals surface area contributed by atoms with Crippen molar-refractivity contribution in [1.82, 2.24) is 10.2 Å². The first-order valence-electron chi connectivity index (χ1n) is 8.46. The van der Waals surface area contributed by atoms with Crippen molar-refractivity contribution in [3.8, 4) is 0 Å². The summed E-state index contributed by atoms with van der Waals surface area (Å²) in [5.74, 6) is 0. The number of ether oxygens (including phenoxy) is 2. The molecule has 2 N–H and O–H groups in total. The molecule has 0 radical (unpaired) electrons. The average molecular weight is 349 g/mol. The first-order chi connectivity index (χ1) is 11.7. The van der Waals surface area contributed by atoms with E-state index in [-0.39, 0.29) is 12.1 Å². The van der Waals surface area contributed by atoms with Gasteiger partial charge in [-0.3, -0.25) is 0 Å². The third kappa shape index (κ3) is 6.62. The van der Waals surface area contributed by atoms with Crippen molar-refractivity contribution < 1.29 is 19.1 Å². The smallest absolute Gasteiger partial charge is 0.407 e. The van der Waals surface area contributed by atoms with E-state index in [1.807, 2.05) is 52.0 Å². The van der Waals surface area contributed by atoms with Crippen molar-refractivity contribution in [2.75, 3.05) is 25.0 Å². The molecule has 1 saturated heterocycles. The fourth-order valence-corrected chi connectivity index (χ4v) is 2.45. The zero-order valence-electron chi connectivity index (χ0n) is 15.3. The summed E-state index contributed by atoms with van der Waals surface area (Å²) >= 11 is 0. The molecule has 0 aliphatic carbocycles. The van der Waals surface area contributed by atoms with Crippen LogP contribution in [0.4, 0.5) is 15.3 Å². The zero-order chi connectivity index (χ0) is 18.4. The summed E-state index contributed by atoms with van der Waals surface area (Å²) < 4.78 is 10.6. The number of morpholine rings is 1. The largest absolute Gasteiger partial charge is 0.444 e. The maximum absolute atomic E-state index is 12.3. The standard InChI is InChI=1S/C18H27N3O4/c1-13-12-21(8-9-24-13)16(22)20-15-7-5-6-14(10-15)11-19-17(23)25-18(2,3)4/h5-7,10,13H,8-9,11-12H2,1-4H3,(H,19,23)(H,20,22)/t13-/m0/s1. The van der Waals surface area contributed by atoms with Crippen LogP contribution in [0.2, 0.25) is 0 Å². The number of carbonyl (C=O) groups excluding carboxylic acids is 2. The summed E-state index contributed by atoms with van der Waals surface area (Å²) in [7, 11) is 0. The monoisotopic (exact) mass is 349 g/mol. The topological polar surface area (TPSA) is 79.9 Å². The van der Waals surface area contributed by atoms with E-state index in [4.69, 9.17) is 9.47 Å². The number of nitrogens with one attached hydrogen (secondary N) is 2. The minimum absolute atomic E-state index is 0.0452. The summed E-state index contributed by atoms with van der Waals surface area (Å²) in [6.45, 7) is 9.42. The van der Waals surface area contributed by atoms with Crippen LogP contribution in [0.15, 0.2) is 24.3 Å². The molecule has 1 aromatic rings. The van der Waals surface area contributed by atoms with Crippen LogP contribution in [0.1, 0.15) is 33.3 Å². The molecule has 25 heavy (non-hydrogen) atoms. The van der Waals surface area contributed by atoms with Crippen LogP contribution < -0.4 is 10.6 Å². The third-order valence-corrected chi connectivity index (χ3v) is 3.54. The molecule has 2 rings (SSSR count). The quantitative estimate of drug-likeness (QED) is 0.879. The summed E-state index contributed by atoms with van der Waals surface area (Å²) in [5.41, 5.74) is 1.03. The molecule has 0 saturated carbocycles. The summed E-state index contributed by atoms with van der Waals surface area (Å²) in [4.78, 5) is 25.8. The normalized spacial score (nSPS) is 17.8. The number of amides is 3. The maximum Gasteiger partial charge on any atom is 0.407 e. The number of hydrogen-bond acceptors (Lipinski definition) is 4. The van der Waals surface area contributed by atoms with E-state index in [9.17, 15) is 9.59 Å². The predicted octanol–water partition coefficient (Wildman–Crippen LogP) is 2.96. The summed E-state index contributed by atoms with van der Waals surface area (Å²) in [5, 5.41) is 5.59. The van der Waals surface area contributed by atoms with Crippen molar-refractivity contribution in [2.24, 2.45) is 0 Å². The van der Waals surface area contributed by atoms with Gasteiger partial charge in [0, 0.05) is 25.3 Å². The SMILES string of the molecule is C[C@H]1CN(C(=O)Nc2cccc(CNC(=O)OC(C)(C)C)c2)CCO1. The van der Waals surface area contributed by atoms with Gasteiger partial charge in [-0.05, 0) is 45.4 Å². The molecular formula is C18H27N3O4. The number of rotatable bonds is 3. The Hall–Kier alpha value is -2.28. The number of carbonyl (C=O) groups is 2. The van der Waals surface area contributed by atoms with Gasteiger partial charge in [0.1, 0.15) is 5.60 Å². The van der Waals surface area contributed by atoms with Crippen LogP contribution >= 0.6 is 0 Å². The molecule has 1 atom stereocenters. The van der Waals surface area contributed by atoms with Gasteiger partial charge >= 0.3 is 12.1 Å². The molecule has 1 fully saturated rings. The van der Waals surface area contributed by atoms with Crippen LogP contribution in [0.25, 0.3) is 0 Å². The molecule has 7 heteroatoms. The van der Waals surface area contributed by atoms with E-state index in [2.05, 4.69) is 10.6 Å². The van der Waals surface area contributed by atoms with Gasteiger partial charge in [0.2, 0.25) is 0 Å². The van der Waals surface area contributed by atoms with Crippen LogP contribution in [0.3, 0.4) is 0 Å². The Morgan fingerprint density at radius 2 is 2.12 bits per heavy atom. The summed E-state index contributed by atoms with van der Waals surface area (Å²) in [6.07, 6.45) is -0.423. The zero-order valence-corrected chi connectivity index (χ0v) is 15.3. The Bertz CT molecular complexity index is 613. The minimum atomic E-state index is -0.533. The average Bonchev–Trinajstić information content (AvgIpc) is 2.52. The first-order valence-corrected chi connectivity index (χ1v) is 8.46. The van der Waals surface area contributed by atoms with E-state index < -0.39 is 11.7 Å². The Balaban J connectivity index is 1.88. The maximum atomic E-state index is 12.3. The van der Waals surface area contributed by atoms with E-state index in [0.717, 1.165) is 5.56 Å². The number of hydrogen-bond donors (Lipinski definition) is 2. The lowest BCUT2D eigenvalue weighted by molar-refractivity contribution is -0.00138. The lowest BCUT2D eigenvalue weighted by Gasteiger charge is -2.31. The van der Waals surface area contributed by atoms with Gasteiger partial charge in [-0.25, -0.2) is 9.59 Å². The lowest BCUT2D eigenvalue weighted by Crippen LogP contribution is -2.46. The Kier molecular flexibility index (Phi) is 6.25. The number of benzene rings is 1. The van der Waals surface area contributed by atoms with E-state index in [1.54, 1.807) is 4.90 Å². The third-order valence-electron chi connectivity index (χ3n) is 3.54.